The Hall–Kier alpha value is -0.570. The van der Waals surface area contributed by atoms with Crippen molar-refractivity contribution >= 4 is 5.91 Å². The van der Waals surface area contributed by atoms with Gasteiger partial charge in [-0.3, -0.25) is 4.79 Å². The van der Waals surface area contributed by atoms with Crippen molar-refractivity contribution in [3.05, 3.63) is 0 Å². The summed E-state index contributed by atoms with van der Waals surface area (Å²) in [5.74, 6) is -0.245. The molecule has 1 heterocycles. The van der Waals surface area contributed by atoms with E-state index in [2.05, 4.69) is 11.1 Å². The number of carbonyl (C=O) groups is 1. The molecule has 0 spiro atoms. The lowest BCUT2D eigenvalue weighted by Crippen LogP contribution is -2.21. The summed E-state index contributed by atoms with van der Waals surface area (Å²) < 4.78 is 0. The smallest absolute Gasteiger partial charge is 0.217 e. The molecule has 0 atom stereocenters. The van der Waals surface area contributed by atoms with Crippen molar-refractivity contribution in [1.29, 1.82) is 0 Å². The predicted octanol–water partition coefficient (Wildman–Crippen LogP) is 0.642. The Morgan fingerprint density at radius 1 is 1.36 bits per heavy atom. The molecule has 0 aromatic rings. The first-order valence-corrected chi connectivity index (χ1v) is 4.26. The number of nitrogens with two attached hydrogens (primary N) is 1. The van der Waals surface area contributed by atoms with Crippen molar-refractivity contribution < 1.29 is 4.79 Å². The summed E-state index contributed by atoms with van der Waals surface area (Å²) in [4.78, 5) is 9.59. The van der Waals surface area contributed by atoms with Gasteiger partial charge in [-0.1, -0.05) is 13.3 Å². The Bertz CT molecular complexity index is 88.8. The first-order chi connectivity index (χ1) is 5.27. The van der Waals surface area contributed by atoms with Crippen LogP contribution in [0, 0.1) is 0 Å². The van der Waals surface area contributed by atoms with Gasteiger partial charge in [0.05, 0.1) is 0 Å². The van der Waals surface area contributed by atoms with Gasteiger partial charge in [0.15, 0.2) is 0 Å². The number of hydrogen-bond acceptors (Lipinski definition) is 2. The van der Waals surface area contributed by atoms with Gasteiger partial charge < -0.3 is 11.1 Å². The number of carbonyl (C=O) groups excluding carboxylic acids is 1. The normalized spacial score (nSPS) is 16.5. The Kier molecular flexibility index (Phi) is 7.15. The third-order valence-electron chi connectivity index (χ3n) is 1.56. The van der Waals surface area contributed by atoms with Gasteiger partial charge >= 0.3 is 0 Å². The second-order valence-corrected chi connectivity index (χ2v) is 2.63. The number of amides is 1. The van der Waals surface area contributed by atoms with Crippen molar-refractivity contribution in [2.24, 2.45) is 5.73 Å². The van der Waals surface area contributed by atoms with Crippen molar-refractivity contribution in [2.75, 3.05) is 13.1 Å². The zero-order valence-electron chi connectivity index (χ0n) is 7.23. The van der Waals surface area contributed by atoms with Crippen LogP contribution < -0.4 is 11.1 Å². The first-order valence-electron chi connectivity index (χ1n) is 4.26. The first kappa shape index (κ1) is 10.4. The number of primary amides is 1. The maximum absolute atomic E-state index is 9.59. The van der Waals surface area contributed by atoms with Gasteiger partial charge in [0, 0.05) is 6.42 Å². The van der Waals surface area contributed by atoms with Crippen molar-refractivity contribution in [2.45, 2.75) is 32.6 Å². The molecule has 1 amide bonds. The summed E-state index contributed by atoms with van der Waals surface area (Å²) in [6, 6.07) is 0. The van der Waals surface area contributed by atoms with Crippen molar-refractivity contribution in [3.63, 3.8) is 0 Å². The molecule has 1 saturated heterocycles. The molecule has 0 aliphatic carbocycles. The van der Waals surface area contributed by atoms with Gasteiger partial charge in [0.1, 0.15) is 0 Å². The standard InChI is InChI=1S/C5H11N.C3H7NO/c1-2-4-6-5-3-1;1-2-3(4)5/h6H,1-5H2;2H2,1H3,(H2,4,5). The van der Waals surface area contributed by atoms with E-state index in [9.17, 15) is 4.79 Å². The Morgan fingerprint density at radius 2 is 1.82 bits per heavy atom. The van der Waals surface area contributed by atoms with E-state index in [-0.39, 0.29) is 5.91 Å². The van der Waals surface area contributed by atoms with E-state index >= 15 is 0 Å². The number of hydrogen-bond donors (Lipinski definition) is 2. The summed E-state index contributed by atoms with van der Waals surface area (Å²) in [5.41, 5.74) is 4.65. The van der Waals surface area contributed by atoms with Crippen LogP contribution in [0.25, 0.3) is 0 Å². The summed E-state index contributed by atoms with van der Waals surface area (Å²) in [5, 5.41) is 3.28. The minimum Gasteiger partial charge on any atom is -0.370 e. The lowest BCUT2D eigenvalue weighted by molar-refractivity contribution is -0.117. The predicted molar refractivity (Wildman–Crippen MR) is 46.2 cm³/mol. The van der Waals surface area contributed by atoms with Gasteiger partial charge in [0.2, 0.25) is 5.91 Å². The van der Waals surface area contributed by atoms with Crippen LogP contribution in [0.3, 0.4) is 0 Å². The van der Waals surface area contributed by atoms with Crippen LogP contribution in [0.4, 0.5) is 0 Å². The second kappa shape index (κ2) is 7.54. The van der Waals surface area contributed by atoms with E-state index in [0.717, 1.165) is 0 Å². The highest BCUT2D eigenvalue weighted by Gasteiger charge is 1.93. The Morgan fingerprint density at radius 3 is 1.91 bits per heavy atom. The van der Waals surface area contributed by atoms with Crippen molar-refractivity contribution in [1.82, 2.24) is 5.32 Å². The average Bonchev–Trinajstić information content (AvgIpc) is 2.09. The molecule has 66 valence electrons. The Balaban J connectivity index is 0.000000187. The van der Waals surface area contributed by atoms with Crippen molar-refractivity contribution in [3.8, 4) is 0 Å². The molecule has 3 nitrogen and oxygen atoms in total. The van der Waals surface area contributed by atoms with Gasteiger partial charge in [-0.25, -0.2) is 0 Å². The summed E-state index contributed by atoms with van der Waals surface area (Å²) in [6.45, 7) is 4.22. The van der Waals surface area contributed by atoms with Crippen LogP contribution in [0.5, 0.6) is 0 Å². The number of rotatable bonds is 1. The zero-order valence-corrected chi connectivity index (χ0v) is 7.23. The maximum atomic E-state index is 9.59. The molecule has 1 aliphatic rings. The molecule has 1 rings (SSSR count). The molecule has 11 heavy (non-hydrogen) atoms. The third-order valence-corrected chi connectivity index (χ3v) is 1.56. The number of piperidine rings is 1. The molecular formula is C8H18N2O. The van der Waals surface area contributed by atoms with E-state index in [4.69, 9.17) is 0 Å². The van der Waals surface area contributed by atoms with Crippen LogP contribution in [0.15, 0.2) is 0 Å². The minimum absolute atomic E-state index is 0.245. The molecule has 0 bridgehead atoms. The van der Waals surface area contributed by atoms with Gasteiger partial charge in [-0.2, -0.15) is 0 Å². The summed E-state index contributed by atoms with van der Waals surface area (Å²) >= 11 is 0. The fourth-order valence-corrected chi connectivity index (χ4v) is 0.802. The van der Waals surface area contributed by atoms with E-state index in [0.29, 0.717) is 6.42 Å². The van der Waals surface area contributed by atoms with Gasteiger partial charge in [0.25, 0.3) is 0 Å². The molecular weight excluding hydrogens is 140 g/mol. The monoisotopic (exact) mass is 158 g/mol. The SMILES string of the molecule is C1CCNCC1.CCC(N)=O. The largest absolute Gasteiger partial charge is 0.370 e. The molecule has 0 aromatic heterocycles. The van der Waals surface area contributed by atoms with Crippen LogP contribution in [-0.4, -0.2) is 19.0 Å². The lowest BCUT2D eigenvalue weighted by atomic mass is 10.2. The molecule has 0 aromatic carbocycles. The fraction of sp³-hybridized carbons (Fsp3) is 0.875. The quantitative estimate of drug-likeness (QED) is 0.588. The summed E-state index contributed by atoms with van der Waals surface area (Å²) in [6.07, 6.45) is 4.66. The van der Waals surface area contributed by atoms with Crippen LogP contribution in [0.1, 0.15) is 32.6 Å². The molecule has 0 saturated carbocycles. The lowest BCUT2D eigenvalue weighted by Gasteiger charge is -2.08. The van der Waals surface area contributed by atoms with Crippen LogP contribution in [0.2, 0.25) is 0 Å². The van der Waals surface area contributed by atoms with Crippen LogP contribution >= 0.6 is 0 Å². The molecule has 0 unspecified atom stereocenters. The molecule has 0 radical (unpaired) electrons. The average molecular weight is 158 g/mol. The van der Waals surface area contributed by atoms with E-state index in [1.54, 1.807) is 6.92 Å². The van der Waals surface area contributed by atoms with Gasteiger partial charge in [-0.15, -0.1) is 0 Å². The second-order valence-electron chi connectivity index (χ2n) is 2.63. The highest BCUT2D eigenvalue weighted by Crippen LogP contribution is 1.96. The Labute approximate surface area is 68.3 Å². The zero-order chi connectivity index (χ0) is 8.53. The highest BCUT2D eigenvalue weighted by molar-refractivity contribution is 5.73. The molecule has 3 heteroatoms. The molecule has 1 fully saturated rings. The maximum Gasteiger partial charge on any atom is 0.217 e. The summed E-state index contributed by atoms with van der Waals surface area (Å²) in [7, 11) is 0. The third kappa shape index (κ3) is 9.43. The van der Waals surface area contributed by atoms with Gasteiger partial charge in [-0.05, 0) is 25.9 Å². The topological polar surface area (TPSA) is 55.1 Å². The highest BCUT2D eigenvalue weighted by atomic mass is 16.1. The molecule has 1 aliphatic heterocycles. The van der Waals surface area contributed by atoms with E-state index in [1.165, 1.54) is 32.4 Å². The van der Waals surface area contributed by atoms with E-state index in [1.807, 2.05) is 0 Å². The fourth-order valence-electron chi connectivity index (χ4n) is 0.802. The van der Waals surface area contributed by atoms with Crippen LogP contribution in [-0.2, 0) is 4.79 Å². The minimum atomic E-state index is -0.245. The molecule has 3 N–H and O–H groups in total. The number of nitrogens with one attached hydrogen (secondary N) is 1. The van der Waals surface area contributed by atoms with E-state index < -0.39 is 0 Å².